The lowest BCUT2D eigenvalue weighted by Gasteiger charge is -2.13. The lowest BCUT2D eigenvalue weighted by Crippen LogP contribution is -2.05. The Labute approximate surface area is 143 Å². The summed E-state index contributed by atoms with van der Waals surface area (Å²) in [5.41, 5.74) is 1.64. The molecule has 0 saturated heterocycles. The molecule has 0 fully saturated rings. The summed E-state index contributed by atoms with van der Waals surface area (Å²) >= 11 is 3.49. The summed E-state index contributed by atoms with van der Waals surface area (Å²) in [4.78, 5) is 15.5. The second-order valence-corrected chi connectivity index (χ2v) is 5.56. The van der Waals surface area contributed by atoms with Crippen molar-refractivity contribution in [3.63, 3.8) is 0 Å². The lowest BCUT2D eigenvalue weighted by atomic mass is 10.2. The number of carbonyl (C=O) groups is 1. The Balaban J connectivity index is 2.10. The third-order valence-electron chi connectivity index (χ3n) is 2.96. The maximum absolute atomic E-state index is 11.3. The molecule has 5 nitrogen and oxygen atoms in total. The molecule has 0 amide bonds. The zero-order valence-corrected chi connectivity index (χ0v) is 14.5. The first-order valence-corrected chi connectivity index (χ1v) is 7.74. The van der Waals surface area contributed by atoms with Gasteiger partial charge in [0.1, 0.15) is 6.61 Å². The third-order valence-corrected chi connectivity index (χ3v) is 3.74. The Morgan fingerprint density at radius 3 is 2.83 bits per heavy atom. The maximum Gasteiger partial charge on any atom is 0.332 e. The van der Waals surface area contributed by atoms with E-state index in [1.807, 2.05) is 30.3 Å². The number of carbonyl (C=O) groups excluding carboxylic acids is 1. The van der Waals surface area contributed by atoms with Gasteiger partial charge in [0.25, 0.3) is 0 Å². The zero-order chi connectivity index (χ0) is 16.7. The number of aromatic nitrogens is 1. The number of allylic oxidation sites excluding steroid dienone is 1. The molecule has 1 N–H and O–H groups in total. The van der Waals surface area contributed by atoms with E-state index >= 15 is 0 Å². The first kappa shape index (κ1) is 17.0. The number of nitrogens with one attached hydrogen (secondary N) is 1. The van der Waals surface area contributed by atoms with Gasteiger partial charge >= 0.3 is 5.97 Å². The highest BCUT2D eigenvalue weighted by molar-refractivity contribution is 9.10. The van der Waals surface area contributed by atoms with Gasteiger partial charge in [0.05, 0.1) is 7.11 Å². The smallest absolute Gasteiger partial charge is 0.332 e. The molecule has 120 valence electrons. The zero-order valence-electron chi connectivity index (χ0n) is 12.9. The number of ether oxygens (including phenoxy) is 2. The normalized spacial score (nSPS) is 11.0. The van der Waals surface area contributed by atoms with E-state index in [9.17, 15) is 4.79 Å². The van der Waals surface area contributed by atoms with Crippen LogP contribution in [-0.4, -0.2) is 18.1 Å². The fraction of sp³-hybridized carbons (Fsp3) is 0.176. The van der Waals surface area contributed by atoms with Crippen LogP contribution >= 0.6 is 15.9 Å². The highest BCUT2D eigenvalue weighted by Crippen LogP contribution is 2.25. The van der Waals surface area contributed by atoms with Gasteiger partial charge < -0.3 is 14.8 Å². The van der Waals surface area contributed by atoms with E-state index < -0.39 is 5.97 Å². The summed E-state index contributed by atoms with van der Waals surface area (Å²) in [6.45, 7) is 2.16. The first-order chi connectivity index (χ1) is 11.1. The summed E-state index contributed by atoms with van der Waals surface area (Å²) in [5.74, 6) is 0.708. The van der Waals surface area contributed by atoms with Crippen molar-refractivity contribution < 1.29 is 14.3 Å². The maximum atomic E-state index is 11.3. The van der Waals surface area contributed by atoms with Crippen molar-refractivity contribution in [1.29, 1.82) is 0 Å². The topological polar surface area (TPSA) is 60.5 Å². The minimum atomic E-state index is -0.429. The number of rotatable bonds is 6. The van der Waals surface area contributed by atoms with Crippen LogP contribution in [0.5, 0.6) is 5.75 Å². The second kappa shape index (κ2) is 8.33. The summed E-state index contributed by atoms with van der Waals surface area (Å²) in [6, 6.07) is 11.5. The Morgan fingerprint density at radius 2 is 2.09 bits per heavy atom. The van der Waals surface area contributed by atoms with Gasteiger partial charge in [-0.2, -0.15) is 0 Å². The predicted octanol–water partition coefficient (Wildman–Crippen LogP) is 3.91. The molecule has 0 bridgehead atoms. The summed E-state index contributed by atoms with van der Waals surface area (Å²) in [5, 5.41) is 3.04. The minimum absolute atomic E-state index is 0.404. The van der Waals surface area contributed by atoms with Crippen LogP contribution in [0.1, 0.15) is 12.5 Å². The number of esters is 1. The highest BCUT2D eigenvalue weighted by atomic mass is 79.9. The van der Waals surface area contributed by atoms with E-state index in [0.717, 1.165) is 10.0 Å². The van der Waals surface area contributed by atoms with Crippen LogP contribution in [0, 0.1) is 0 Å². The molecule has 0 saturated carbocycles. The molecule has 2 aromatic rings. The van der Waals surface area contributed by atoms with Crippen LogP contribution in [0.4, 0.5) is 5.82 Å². The molecule has 0 radical (unpaired) electrons. The molecule has 1 aromatic carbocycles. The van der Waals surface area contributed by atoms with Gasteiger partial charge in [-0.05, 0) is 25.1 Å². The van der Waals surface area contributed by atoms with Crippen molar-refractivity contribution in [3.8, 4) is 5.75 Å². The van der Waals surface area contributed by atoms with Gasteiger partial charge in [0, 0.05) is 28.0 Å². The first-order valence-electron chi connectivity index (χ1n) is 6.94. The molecule has 23 heavy (non-hydrogen) atoms. The molecule has 0 unspecified atom stereocenters. The molecule has 1 heterocycles. The number of halogens is 1. The number of nitrogens with zero attached hydrogens (tertiary/aromatic N) is 1. The van der Waals surface area contributed by atoms with E-state index in [4.69, 9.17) is 4.74 Å². The van der Waals surface area contributed by atoms with Gasteiger partial charge in [0.2, 0.25) is 0 Å². The van der Waals surface area contributed by atoms with E-state index in [1.54, 1.807) is 19.2 Å². The summed E-state index contributed by atoms with van der Waals surface area (Å²) in [6.07, 6.45) is 3.01. The largest absolute Gasteiger partial charge is 0.485 e. The molecule has 0 spiro atoms. The molecule has 1 aromatic heterocycles. The molecule has 2 rings (SSSR count). The Hall–Kier alpha value is -2.34. The van der Waals surface area contributed by atoms with Gasteiger partial charge in [-0.3, -0.25) is 0 Å². The number of benzene rings is 1. The predicted molar refractivity (Wildman–Crippen MR) is 92.1 cm³/mol. The molecule has 0 aliphatic carbocycles. The van der Waals surface area contributed by atoms with E-state index in [-0.39, 0.29) is 0 Å². The van der Waals surface area contributed by atoms with Gasteiger partial charge in [-0.25, -0.2) is 9.78 Å². The quantitative estimate of drug-likeness (QED) is 0.611. The van der Waals surface area contributed by atoms with Crippen molar-refractivity contribution in [2.75, 3.05) is 12.4 Å². The van der Waals surface area contributed by atoms with Crippen LogP contribution in [0.3, 0.4) is 0 Å². The number of anilines is 1. The lowest BCUT2D eigenvalue weighted by molar-refractivity contribution is -0.134. The Morgan fingerprint density at radius 1 is 1.30 bits per heavy atom. The molecular weight excluding hydrogens is 360 g/mol. The SMILES string of the molecule is COC(=O)/C=C(/C)Nc1ncccc1OCc1ccccc1Br. The monoisotopic (exact) mass is 376 g/mol. The molecule has 6 heteroatoms. The number of hydrogen-bond acceptors (Lipinski definition) is 5. The minimum Gasteiger partial charge on any atom is -0.485 e. The van der Waals surface area contributed by atoms with Crippen LogP contribution < -0.4 is 10.1 Å². The standard InChI is InChI=1S/C17H17BrN2O3/c1-12(10-16(21)22-2)20-17-15(8-5-9-19-17)23-11-13-6-3-4-7-14(13)18/h3-10H,11H2,1-2H3,(H,19,20)/b12-10-. The van der Waals surface area contributed by atoms with Crippen LogP contribution in [0.15, 0.2) is 58.8 Å². The Bertz CT molecular complexity index is 716. The number of hydrogen-bond donors (Lipinski definition) is 1. The highest BCUT2D eigenvalue weighted by Gasteiger charge is 2.07. The van der Waals surface area contributed by atoms with Crippen molar-refractivity contribution in [1.82, 2.24) is 4.98 Å². The second-order valence-electron chi connectivity index (χ2n) is 4.71. The van der Waals surface area contributed by atoms with Gasteiger partial charge in [-0.15, -0.1) is 0 Å². The third kappa shape index (κ3) is 5.10. The molecule has 0 aliphatic heterocycles. The summed E-state index contributed by atoms with van der Waals surface area (Å²) < 4.78 is 11.4. The Kier molecular flexibility index (Phi) is 6.17. The molecular formula is C17H17BrN2O3. The van der Waals surface area contributed by atoms with Crippen LogP contribution in [0.2, 0.25) is 0 Å². The fourth-order valence-corrected chi connectivity index (χ4v) is 2.23. The van der Waals surface area contributed by atoms with E-state index in [0.29, 0.717) is 23.9 Å². The average molecular weight is 377 g/mol. The summed E-state index contributed by atoms with van der Waals surface area (Å²) in [7, 11) is 1.33. The van der Waals surface area contributed by atoms with Crippen molar-refractivity contribution in [2.45, 2.75) is 13.5 Å². The average Bonchev–Trinajstić information content (AvgIpc) is 2.55. The van der Waals surface area contributed by atoms with Crippen LogP contribution in [-0.2, 0) is 16.1 Å². The fourth-order valence-electron chi connectivity index (χ4n) is 1.83. The van der Waals surface area contributed by atoms with Gasteiger partial charge in [0.15, 0.2) is 11.6 Å². The van der Waals surface area contributed by atoms with Crippen molar-refractivity contribution >= 4 is 27.7 Å². The van der Waals surface area contributed by atoms with Crippen molar-refractivity contribution in [2.24, 2.45) is 0 Å². The van der Waals surface area contributed by atoms with Crippen molar-refractivity contribution in [3.05, 3.63) is 64.4 Å². The van der Waals surface area contributed by atoms with E-state index in [1.165, 1.54) is 13.2 Å². The number of pyridine rings is 1. The number of methoxy groups -OCH3 is 1. The van der Waals surface area contributed by atoms with Gasteiger partial charge in [-0.1, -0.05) is 34.1 Å². The molecule has 0 aliphatic rings. The van der Waals surface area contributed by atoms with Crippen LogP contribution in [0.25, 0.3) is 0 Å². The molecule has 0 atom stereocenters. The van der Waals surface area contributed by atoms with E-state index in [2.05, 4.69) is 31.0 Å².